The van der Waals surface area contributed by atoms with Gasteiger partial charge in [-0.1, -0.05) is 23.9 Å². The van der Waals surface area contributed by atoms with E-state index in [-0.39, 0.29) is 10.9 Å². The fourth-order valence-electron chi connectivity index (χ4n) is 1.72. The Morgan fingerprint density at radius 2 is 2.09 bits per heavy atom. The second-order valence-electron chi connectivity index (χ2n) is 4.35. The summed E-state index contributed by atoms with van der Waals surface area (Å²) in [6, 6.07) is -0.909. The van der Waals surface area contributed by atoms with Crippen molar-refractivity contribution in [1.29, 1.82) is 0 Å². The third kappa shape index (κ3) is 4.28. The van der Waals surface area contributed by atoms with Crippen LogP contribution in [0.5, 0.6) is 0 Å². The third-order valence-corrected chi connectivity index (χ3v) is 4.71. The van der Waals surface area contributed by atoms with Crippen LogP contribution in [0.1, 0.15) is 18.7 Å². The van der Waals surface area contributed by atoms with E-state index in [0.717, 1.165) is 0 Å². The molecule has 0 saturated carbocycles. The summed E-state index contributed by atoms with van der Waals surface area (Å²) in [5.74, 6) is 0.430. The Hall–Kier alpha value is -1.94. The second-order valence-corrected chi connectivity index (χ2v) is 6.86. The molecule has 0 fully saturated rings. The lowest BCUT2D eigenvalue weighted by atomic mass is 10.2. The molecule has 0 bridgehead atoms. The van der Waals surface area contributed by atoms with Crippen molar-refractivity contribution in [1.82, 2.24) is 19.7 Å². The van der Waals surface area contributed by atoms with Crippen LogP contribution in [0.2, 0.25) is 0 Å². The van der Waals surface area contributed by atoms with Gasteiger partial charge >= 0.3 is 6.03 Å². The number of urea groups is 1. The molecular weight excluding hydrogens is 326 g/mol. The summed E-state index contributed by atoms with van der Waals surface area (Å²) in [5.41, 5.74) is 0. The highest BCUT2D eigenvalue weighted by atomic mass is 32.2. The zero-order valence-electron chi connectivity index (χ0n) is 12.0. The molecule has 8 nitrogen and oxygen atoms in total. The van der Waals surface area contributed by atoms with Gasteiger partial charge in [-0.15, -0.1) is 0 Å². The Bertz CT molecular complexity index is 743. The lowest BCUT2D eigenvalue weighted by Gasteiger charge is -2.12. The van der Waals surface area contributed by atoms with Gasteiger partial charge in [-0.2, -0.15) is 9.97 Å². The van der Waals surface area contributed by atoms with E-state index in [0.29, 0.717) is 23.8 Å². The number of carbonyl (C=O) groups is 1. The fraction of sp³-hybridized carbons (Fsp3) is 0.333. The Balaban J connectivity index is 2.08. The SMILES string of the molecule is CSc1nc(C)nc(NC(=O)NS(=O)(=O)C2=CC=CCC2)n1. The molecule has 0 atom stereocenters. The number of nitrogens with one attached hydrogen (secondary N) is 2. The number of thioether (sulfide) groups is 1. The fourth-order valence-corrected chi connectivity index (χ4v) is 3.20. The molecule has 1 aliphatic rings. The van der Waals surface area contributed by atoms with Crippen LogP contribution >= 0.6 is 11.8 Å². The minimum Gasteiger partial charge on any atom is -0.275 e. The third-order valence-electron chi connectivity index (χ3n) is 2.68. The summed E-state index contributed by atoms with van der Waals surface area (Å²) < 4.78 is 26.0. The van der Waals surface area contributed by atoms with E-state index in [9.17, 15) is 13.2 Å². The van der Waals surface area contributed by atoms with Crippen LogP contribution in [0.15, 0.2) is 28.3 Å². The number of aryl methyl sites for hydroxylation is 1. The average molecular weight is 341 g/mol. The van der Waals surface area contributed by atoms with Gasteiger partial charge in [0.25, 0.3) is 10.0 Å². The van der Waals surface area contributed by atoms with Gasteiger partial charge in [0.15, 0.2) is 5.16 Å². The van der Waals surface area contributed by atoms with Crippen molar-refractivity contribution in [2.75, 3.05) is 11.6 Å². The molecule has 0 aliphatic heterocycles. The zero-order chi connectivity index (χ0) is 16.2. The molecule has 0 aromatic carbocycles. The van der Waals surface area contributed by atoms with E-state index in [1.165, 1.54) is 17.8 Å². The normalized spacial score (nSPS) is 14.4. The van der Waals surface area contributed by atoms with Gasteiger partial charge in [-0.25, -0.2) is 22.9 Å². The predicted molar refractivity (Wildman–Crippen MR) is 83.9 cm³/mol. The summed E-state index contributed by atoms with van der Waals surface area (Å²) in [6.45, 7) is 1.65. The highest BCUT2D eigenvalue weighted by Crippen LogP contribution is 2.17. The standard InChI is InChI=1S/C12H15N5O3S2/c1-8-13-10(16-12(14-8)21-2)15-11(18)17-22(19,20)9-6-4-3-5-7-9/h3-4,6H,5,7H2,1-2H3,(H2,13,14,15,16,17,18). The number of hydrogen-bond donors (Lipinski definition) is 2. The maximum atomic E-state index is 12.0. The summed E-state index contributed by atoms with van der Waals surface area (Å²) in [6.07, 6.45) is 7.75. The van der Waals surface area contributed by atoms with E-state index >= 15 is 0 Å². The van der Waals surface area contributed by atoms with Crippen molar-refractivity contribution in [3.63, 3.8) is 0 Å². The highest BCUT2D eigenvalue weighted by molar-refractivity contribution is 7.98. The van der Waals surface area contributed by atoms with Crippen LogP contribution in [0.3, 0.4) is 0 Å². The number of aromatic nitrogens is 3. The summed E-state index contributed by atoms with van der Waals surface area (Å²) in [4.78, 5) is 24.0. The number of allylic oxidation sites excluding steroid dienone is 4. The number of carbonyl (C=O) groups excluding carboxylic acids is 1. The molecule has 0 unspecified atom stereocenters. The van der Waals surface area contributed by atoms with Crippen molar-refractivity contribution < 1.29 is 13.2 Å². The van der Waals surface area contributed by atoms with Gasteiger partial charge in [0.1, 0.15) is 5.82 Å². The Labute approximate surface area is 132 Å². The van der Waals surface area contributed by atoms with Gasteiger partial charge in [0.2, 0.25) is 5.95 Å². The first-order chi connectivity index (χ1) is 10.4. The number of amides is 2. The number of nitrogens with zero attached hydrogens (tertiary/aromatic N) is 3. The van der Waals surface area contributed by atoms with Crippen LogP contribution in [0.25, 0.3) is 0 Å². The maximum Gasteiger partial charge on any atom is 0.335 e. The Morgan fingerprint density at radius 3 is 2.73 bits per heavy atom. The van der Waals surface area contributed by atoms with E-state index in [1.54, 1.807) is 19.3 Å². The van der Waals surface area contributed by atoms with Crippen LogP contribution in [0, 0.1) is 6.92 Å². The smallest absolute Gasteiger partial charge is 0.275 e. The first-order valence-corrected chi connectivity index (χ1v) is 9.07. The Kier molecular flexibility index (Phi) is 5.14. The van der Waals surface area contributed by atoms with Crippen molar-refractivity contribution in [2.45, 2.75) is 24.9 Å². The van der Waals surface area contributed by atoms with Gasteiger partial charge in [0.05, 0.1) is 4.91 Å². The summed E-state index contributed by atoms with van der Waals surface area (Å²) in [7, 11) is -3.86. The number of sulfonamides is 1. The lowest BCUT2D eigenvalue weighted by Crippen LogP contribution is -2.35. The Morgan fingerprint density at radius 1 is 1.32 bits per heavy atom. The molecule has 2 amide bonds. The van der Waals surface area contributed by atoms with E-state index < -0.39 is 16.1 Å². The lowest BCUT2D eigenvalue weighted by molar-refractivity contribution is 0.256. The first-order valence-electron chi connectivity index (χ1n) is 6.37. The number of hydrogen-bond acceptors (Lipinski definition) is 7. The second kappa shape index (κ2) is 6.88. The molecule has 0 saturated heterocycles. The van der Waals surface area contributed by atoms with Crippen LogP contribution in [-0.4, -0.2) is 35.7 Å². The number of rotatable bonds is 4. The quantitative estimate of drug-likeness (QED) is 0.799. The highest BCUT2D eigenvalue weighted by Gasteiger charge is 2.21. The molecule has 1 aromatic heterocycles. The molecule has 1 heterocycles. The first kappa shape index (κ1) is 16.4. The van der Waals surface area contributed by atoms with Gasteiger partial charge < -0.3 is 0 Å². The topological polar surface area (TPSA) is 114 Å². The van der Waals surface area contributed by atoms with Crippen LogP contribution in [-0.2, 0) is 10.0 Å². The van der Waals surface area contributed by atoms with E-state index in [4.69, 9.17) is 0 Å². The molecule has 1 aromatic rings. The maximum absolute atomic E-state index is 12.0. The van der Waals surface area contributed by atoms with E-state index in [1.807, 2.05) is 10.8 Å². The molecule has 0 spiro atoms. The molecule has 10 heteroatoms. The molecule has 1 aliphatic carbocycles. The van der Waals surface area contributed by atoms with Crippen LogP contribution < -0.4 is 10.0 Å². The number of anilines is 1. The molecular formula is C12H15N5O3S2. The van der Waals surface area contributed by atoms with Gasteiger partial charge in [-0.05, 0) is 32.1 Å². The molecule has 2 N–H and O–H groups in total. The van der Waals surface area contributed by atoms with Crippen molar-refractivity contribution >= 4 is 33.8 Å². The van der Waals surface area contributed by atoms with Crippen LogP contribution in [0.4, 0.5) is 10.7 Å². The minimum absolute atomic E-state index is 0.00192. The van der Waals surface area contributed by atoms with Crippen molar-refractivity contribution in [3.05, 3.63) is 29.0 Å². The van der Waals surface area contributed by atoms with Gasteiger partial charge in [-0.3, -0.25) is 5.32 Å². The molecule has 2 rings (SSSR count). The van der Waals surface area contributed by atoms with Gasteiger partial charge in [0, 0.05) is 0 Å². The predicted octanol–water partition coefficient (Wildman–Crippen LogP) is 1.59. The average Bonchev–Trinajstić information content (AvgIpc) is 2.46. The molecule has 22 heavy (non-hydrogen) atoms. The van der Waals surface area contributed by atoms with Crippen molar-refractivity contribution in [2.24, 2.45) is 0 Å². The summed E-state index contributed by atoms with van der Waals surface area (Å²) >= 11 is 1.29. The largest absolute Gasteiger partial charge is 0.335 e. The monoisotopic (exact) mass is 341 g/mol. The van der Waals surface area contributed by atoms with E-state index in [2.05, 4.69) is 20.3 Å². The zero-order valence-corrected chi connectivity index (χ0v) is 13.7. The minimum atomic E-state index is -3.86. The van der Waals surface area contributed by atoms with Crippen molar-refractivity contribution in [3.8, 4) is 0 Å². The summed E-state index contributed by atoms with van der Waals surface area (Å²) in [5, 5.41) is 2.74. The molecule has 118 valence electrons. The molecule has 0 radical (unpaired) electrons.